The molecule has 2 rings (SSSR count). The highest BCUT2D eigenvalue weighted by Gasteiger charge is 2.17. The Hall–Kier alpha value is -1.58. The van der Waals surface area contributed by atoms with Gasteiger partial charge in [0.1, 0.15) is 6.61 Å². The minimum absolute atomic E-state index is 0.0337. The van der Waals surface area contributed by atoms with E-state index in [0.717, 1.165) is 16.8 Å². The molecule has 0 amide bonds. The van der Waals surface area contributed by atoms with E-state index in [9.17, 15) is 5.11 Å². The van der Waals surface area contributed by atoms with Crippen molar-refractivity contribution in [3.63, 3.8) is 0 Å². The van der Waals surface area contributed by atoms with Gasteiger partial charge in [0.2, 0.25) is 5.88 Å². The van der Waals surface area contributed by atoms with Gasteiger partial charge in [-0.2, -0.15) is 0 Å². The molecular formula is C17H20ClNO2. The number of hydrogen-bond acceptors (Lipinski definition) is 3. The summed E-state index contributed by atoms with van der Waals surface area (Å²) in [6.45, 7) is 6.55. The smallest absolute Gasteiger partial charge is 0.214 e. The van der Waals surface area contributed by atoms with Crippen molar-refractivity contribution in [3.8, 4) is 5.88 Å². The van der Waals surface area contributed by atoms with Crippen LogP contribution in [0.5, 0.6) is 5.88 Å². The topological polar surface area (TPSA) is 42.4 Å². The number of hydrogen-bond donors (Lipinski definition) is 1. The van der Waals surface area contributed by atoms with Gasteiger partial charge in [0.15, 0.2) is 0 Å². The Labute approximate surface area is 130 Å². The molecule has 1 aromatic carbocycles. The van der Waals surface area contributed by atoms with Gasteiger partial charge < -0.3 is 9.84 Å². The zero-order chi connectivity index (χ0) is 15.5. The maximum Gasteiger partial charge on any atom is 0.214 e. The molecule has 1 heterocycles. The predicted octanol–water partition coefficient (Wildman–Crippen LogP) is 4.10. The van der Waals surface area contributed by atoms with Gasteiger partial charge in [0.25, 0.3) is 0 Å². The van der Waals surface area contributed by atoms with E-state index in [4.69, 9.17) is 16.3 Å². The molecule has 0 aliphatic heterocycles. The average molecular weight is 306 g/mol. The van der Waals surface area contributed by atoms with Gasteiger partial charge in [-0.15, -0.1) is 0 Å². The Bertz CT molecular complexity index is 620. The number of aliphatic hydroxyl groups is 1. The standard InChI is InChI=1S/C17H20ClNO2/c1-17(2,3)15-8-12(10-20)9-16(19-15)21-11-13-6-4-5-7-14(13)18/h4-9,20H,10-11H2,1-3H3. The first-order chi connectivity index (χ1) is 9.90. The van der Waals surface area contributed by atoms with E-state index in [1.54, 1.807) is 6.07 Å². The molecule has 0 bridgehead atoms. The zero-order valence-corrected chi connectivity index (χ0v) is 13.3. The Balaban J connectivity index is 2.22. The van der Waals surface area contributed by atoms with Gasteiger partial charge >= 0.3 is 0 Å². The third kappa shape index (κ3) is 4.19. The predicted molar refractivity (Wildman–Crippen MR) is 84.6 cm³/mol. The SMILES string of the molecule is CC(C)(C)c1cc(CO)cc(OCc2ccccc2Cl)n1. The molecule has 0 fully saturated rings. The highest BCUT2D eigenvalue weighted by molar-refractivity contribution is 6.31. The fourth-order valence-corrected chi connectivity index (χ4v) is 2.07. The van der Waals surface area contributed by atoms with E-state index >= 15 is 0 Å². The fraction of sp³-hybridized carbons (Fsp3) is 0.353. The second-order valence-corrected chi connectivity index (χ2v) is 6.39. The van der Waals surface area contributed by atoms with Crippen LogP contribution in [0, 0.1) is 0 Å². The maximum absolute atomic E-state index is 9.38. The van der Waals surface area contributed by atoms with Crippen LogP contribution in [0.2, 0.25) is 5.02 Å². The van der Waals surface area contributed by atoms with Crippen LogP contribution in [0.15, 0.2) is 36.4 Å². The Kier molecular flexibility index (Phi) is 4.86. The minimum Gasteiger partial charge on any atom is -0.473 e. The number of benzene rings is 1. The molecule has 0 radical (unpaired) electrons. The molecule has 2 aromatic rings. The molecule has 1 aromatic heterocycles. The molecule has 4 heteroatoms. The van der Waals surface area contributed by atoms with Crippen molar-refractivity contribution >= 4 is 11.6 Å². The lowest BCUT2D eigenvalue weighted by Crippen LogP contribution is -2.15. The fourth-order valence-electron chi connectivity index (χ4n) is 1.88. The van der Waals surface area contributed by atoms with Crippen molar-refractivity contribution in [1.82, 2.24) is 4.98 Å². The molecule has 0 aliphatic carbocycles. The third-order valence-electron chi connectivity index (χ3n) is 3.15. The van der Waals surface area contributed by atoms with Gasteiger partial charge in [0.05, 0.1) is 12.3 Å². The summed E-state index contributed by atoms with van der Waals surface area (Å²) in [6.07, 6.45) is 0. The summed E-state index contributed by atoms with van der Waals surface area (Å²) in [5.74, 6) is 0.506. The van der Waals surface area contributed by atoms with Crippen LogP contribution in [-0.2, 0) is 18.6 Å². The Morgan fingerprint density at radius 1 is 1.19 bits per heavy atom. The number of halogens is 1. The van der Waals surface area contributed by atoms with Crippen LogP contribution < -0.4 is 4.74 Å². The summed E-state index contributed by atoms with van der Waals surface area (Å²) in [7, 11) is 0. The van der Waals surface area contributed by atoms with E-state index in [0.29, 0.717) is 17.5 Å². The summed E-state index contributed by atoms with van der Waals surface area (Å²) < 4.78 is 5.74. The second kappa shape index (κ2) is 6.46. The molecule has 112 valence electrons. The number of pyridine rings is 1. The Morgan fingerprint density at radius 3 is 2.52 bits per heavy atom. The summed E-state index contributed by atoms with van der Waals surface area (Å²) in [6, 6.07) is 11.2. The number of aromatic nitrogens is 1. The van der Waals surface area contributed by atoms with Gasteiger partial charge in [-0.3, -0.25) is 0 Å². The van der Waals surface area contributed by atoms with Crippen LogP contribution >= 0.6 is 11.6 Å². The third-order valence-corrected chi connectivity index (χ3v) is 3.51. The molecule has 0 aliphatic rings. The molecule has 0 saturated carbocycles. The Morgan fingerprint density at radius 2 is 1.90 bits per heavy atom. The van der Waals surface area contributed by atoms with Crippen LogP contribution in [0.1, 0.15) is 37.6 Å². The first-order valence-electron chi connectivity index (χ1n) is 6.88. The van der Waals surface area contributed by atoms with E-state index in [1.165, 1.54) is 0 Å². The highest BCUT2D eigenvalue weighted by atomic mass is 35.5. The zero-order valence-electron chi connectivity index (χ0n) is 12.6. The normalized spacial score (nSPS) is 11.5. The van der Waals surface area contributed by atoms with E-state index in [-0.39, 0.29) is 12.0 Å². The first kappa shape index (κ1) is 15.8. The van der Waals surface area contributed by atoms with Crippen LogP contribution in [0.3, 0.4) is 0 Å². The summed E-state index contributed by atoms with van der Waals surface area (Å²) >= 11 is 6.11. The molecule has 3 nitrogen and oxygen atoms in total. The summed E-state index contributed by atoms with van der Waals surface area (Å²) in [5.41, 5.74) is 2.49. The maximum atomic E-state index is 9.38. The lowest BCUT2D eigenvalue weighted by molar-refractivity contribution is 0.273. The lowest BCUT2D eigenvalue weighted by atomic mass is 9.91. The first-order valence-corrected chi connectivity index (χ1v) is 7.26. The molecule has 0 unspecified atom stereocenters. The number of nitrogens with zero attached hydrogens (tertiary/aromatic N) is 1. The van der Waals surface area contributed by atoms with Crippen LogP contribution in [0.25, 0.3) is 0 Å². The average Bonchev–Trinajstić information content (AvgIpc) is 2.45. The molecule has 0 saturated heterocycles. The summed E-state index contributed by atoms with van der Waals surface area (Å²) in [5, 5.41) is 10.1. The van der Waals surface area contributed by atoms with Gasteiger partial charge in [-0.25, -0.2) is 4.98 Å². The number of aliphatic hydroxyl groups excluding tert-OH is 1. The number of rotatable bonds is 4. The van der Waals surface area contributed by atoms with Gasteiger partial charge in [0, 0.05) is 22.1 Å². The van der Waals surface area contributed by atoms with E-state index in [1.807, 2.05) is 30.3 Å². The van der Waals surface area contributed by atoms with Crippen molar-refractivity contribution in [2.24, 2.45) is 0 Å². The largest absolute Gasteiger partial charge is 0.473 e. The van der Waals surface area contributed by atoms with Crippen molar-refractivity contribution in [2.75, 3.05) is 0 Å². The molecule has 0 spiro atoms. The van der Waals surface area contributed by atoms with Crippen molar-refractivity contribution in [2.45, 2.75) is 39.4 Å². The van der Waals surface area contributed by atoms with Crippen LogP contribution in [-0.4, -0.2) is 10.1 Å². The number of ether oxygens (including phenoxy) is 1. The van der Waals surface area contributed by atoms with Gasteiger partial charge in [-0.05, 0) is 17.7 Å². The molecular weight excluding hydrogens is 286 g/mol. The second-order valence-electron chi connectivity index (χ2n) is 5.99. The monoisotopic (exact) mass is 305 g/mol. The molecule has 1 N–H and O–H groups in total. The van der Waals surface area contributed by atoms with Crippen molar-refractivity contribution in [3.05, 3.63) is 58.2 Å². The van der Waals surface area contributed by atoms with Crippen molar-refractivity contribution in [1.29, 1.82) is 0 Å². The highest BCUT2D eigenvalue weighted by Crippen LogP contribution is 2.25. The lowest BCUT2D eigenvalue weighted by Gasteiger charge is -2.19. The van der Waals surface area contributed by atoms with Crippen LogP contribution in [0.4, 0.5) is 0 Å². The van der Waals surface area contributed by atoms with Crippen molar-refractivity contribution < 1.29 is 9.84 Å². The minimum atomic E-state index is -0.103. The van der Waals surface area contributed by atoms with E-state index < -0.39 is 0 Å². The molecule has 21 heavy (non-hydrogen) atoms. The van der Waals surface area contributed by atoms with Gasteiger partial charge in [-0.1, -0.05) is 50.6 Å². The molecule has 0 atom stereocenters. The van der Waals surface area contributed by atoms with E-state index in [2.05, 4.69) is 25.8 Å². The summed E-state index contributed by atoms with van der Waals surface area (Å²) in [4.78, 5) is 4.52. The quantitative estimate of drug-likeness (QED) is 0.924.